The first kappa shape index (κ1) is 16.8. The number of para-hydroxylation sites is 1. The molecule has 1 aliphatic carbocycles. The molecule has 1 saturated carbocycles. The van der Waals surface area contributed by atoms with E-state index in [1.807, 2.05) is 36.4 Å². The first-order chi connectivity index (χ1) is 12.7. The summed E-state index contributed by atoms with van der Waals surface area (Å²) in [5.74, 6) is 1.90. The molecule has 1 fully saturated rings. The summed E-state index contributed by atoms with van der Waals surface area (Å²) in [5.41, 5.74) is 8.32. The van der Waals surface area contributed by atoms with Gasteiger partial charge in [-0.1, -0.05) is 66.5 Å². The predicted molar refractivity (Wildman–Crippen MR) is 98.7 cm³/mol. The van der Waals surface area contributed by atoms with Crippen LogP contribution in [0.1, 0.15) is 48.5 Å². The van der Waals surface area contributed by atoms with Gasteiger partial charge in [0.1, 0.15) is 5.75 Å². The molecule has 26 heavy (non-hydrogen) atoms. The summed E-state index contributed by atoms with van der Waals surface area (Å²) in [6, 6.07) is 18.4. The van der Waals surface area contributed by atoms with Crippen molar-refractivity contribution in [2.24, 2.45) is 5.73 Å². The molecule has 0 bridgehead atoms. The minimum atomic E-state index is -0.438. The fourth-order valence-electron chi connectivity index (χ4n) is 3.49. The number of ether oxygens (including phenoxy) is 1. The van der Waals surface area contributed by atoms with E-state index < -0.39 is 5.54 Å². The smallest absolute Gasteiger partial charge is 0.264 e. The van der Waals surface area contributed by atoms with Gasteiger partial charge in [-0.25, -0.2) is 0 Å². The second-order valence-corrected chi connectivity index (χ2v) is 6.93. The maximum atomic E-state index is 6.39. The molecule has 0 saturated heterocycles. The highest BCUT2D eigenvalue weighted by Crippen LogP contribution is 2.34. The number of nitrogens with two attached hydrogens (primary N) is 1. The van der Waals surface area contributed by atoms with Gasteiger partial charge in [-0.15, -0.1) is 0 Å². The van der Waals surface area contributed by atoms with Gasteiger partial charge in [0.2, 0.25) is 0 Å². The van der Waals surface area contributed by atoms with Crippen LogP contribution in [-0.2, 0) is 18.6 Å². The summed E-state index contributed by atoms with van der Waals surface area (Å²) in [7, 11) is 0. The van der Waals surface area contributed by atoms with Crippen LogP contribution < -0.4 is 10.5 Å². The number of benzene rings is 2. The van der Waals surface area contributed by atoms with Crippen molar-refractivity contribution in [3.8, 4) is 5.75 Å². The Labute approximate surface area is 153 Å². The summed E-state index contributed by atoms with van der Waals surface area (Å²) in [5, 5.41) is 4.08. The van der Waals surface area contributed by atoms with Crippen LogP contribution in [0, 0.1) is 0 Å². The topological polar surface area (TPSA) is 74.2 Å². The van der Waals surface area contributed by atoms with Crippen molar-refractivity contribution in [1.82, 2.24) is 10.1 Å². The van der Waals surface area contributed by atoms with E-state index >= 15 is 0 Å². The van der Waals surface area contributed by atoms with E-state index in [1.165, 1.54) is 5.56 Å². The van der Waals surface area contributed by atoms with E-state index in [-0.39, 0.29) is 6.61 Å². The third-order valence-electron chi connectivity index (χ3n) is 4.97. The van der Waals surface area contributed by atoms with Crippen LogP contribution in [0.5, 0.6) is 5.75 Å². The molecule has 3 aromatic rings. The van der Waals surface area contributed by atoms with Crippen molar-refractivity contribution in [2.75, 3.05) is 0 Å². The zero-order chi connectivity index (χ0) is 17.8. The number of hydrogen-bond acceptors (Lipinski definition) is 5. The van der Waals surface area contributed by atoms with E-state index in [0.29, 0.717) is 11.7 Å². The van der Waals surface area contributed by atoms with Gasteiger partial charge in [-0.3, -0.25) is 0 Å². The lowest BCUT2D eigenvalue weighted by atomic mass is 9.99. The Morgan fingerprint density at radius 1 is 1.00 bits per heavy atom. The second kappa shape index (κ2) is 7.30. The highest BCUT2D eigenvalue weighted by atomic mass is 16.5. The molecule has 1 aromatic heterocycles. The maximum Gasteiger partial charge on any atom is 0.264 e. The molecule has 134 valence electrons. The van der Waals surface area contributed by atoms with Crippen molar-refractivity contribution in [3.05, 3.63) is 77.4 Å². The fourth-order valence-corrected chi connectivity index (χ4v) is 3.49. The van der Waals surface area contributed by atoms with Crippen molar-refractivity contribution >= 4 is 0 Å². The highest BCUT2D eigenvalue weighted by Gasteiger charge is 2.35. The predicted octanol–water partition coefficient (Wildman–Crippen LogP) is 3.97. The molecule has 0 spiro atoms. The Morgan fingerprint density at radius 2 is 1.73 bits per heavy atom. The zero-order valence-corrected chi connectivity index (χ0v) is 14.7. The Morgan fingerprint density at radius 3 is 2.54 bits per heavy atom. The summed E-state index contributed by atoms with van der Waals surface area (Å²) in [6.45, 7) is 0.245. The second-order valence-electron chi connectivity index (χ2n) is 6.93. The van der Waals surface area contributed by atoms with Gasteiger partial charge in [0.15, 0.2) is 12.4 Å². The monoisotopic (exact) mass is 349 g/mol. The number of rotatable bonds is 6. The molecule has 0 amide bonds. The molecule has 1 aliphatic rings. The van der Waals surface area contributed by atoms with Crippen molar-refractivity contribution in [2.45, 2.75) is 44.2 Å². The minimum absolute atomic E-state index is 0.245. The van der Waals surface area contributed by atoms with Gasteiger partial charge in [0.25, 0.3) is 5.89 Å². The molecular formula is C21H23N3O2. The average molecular weight is 349 g/mol. The van der Waals surface area contributed by atoms with E-state index in [9.17, 15) is 0 Å². The molecule has 0 unspecified atom stereocenters. The van der Waals surface area contributed by atoms with Crippen LogP contribution >= 0.6 is 0 Å². The van der Waals surface area contributed by atoms with Crippen LogP contribution in [-0.4, -0.2) is 10.1 Å². The lowest BCUT2D eigenvalue weighted by Crippen LogP contribution is -2.34. The van der Waals surface area contributed by atoms with Gasteiger partial charge < -0.3 is 15.0 Å². The van der Waals surface area contributed by atoms with Crippen LogP contribution in [0.3, 0.4) is 0 Å². The third kappa shape index (κ3) is 3.63. The third-order valence-corrected chi connectivity index (χ3v) is 4.97. The fraction of sp³-hybridized carbons (Fsp3) is 0.333. The summed E-state index contributed by atoms with van der Waals surface area (Å²) in [6.07, 6.45) is 4.87. The first-order valence-corrected chi connectivity index (χ1v) is 9.09. The van der Waals surface area contributed by atoms with Gasteiger partial charge in [0, 0.05) is 6.42 Å². The van der Waals surface area contributed by atoms with E-state index in [4.69, 9.17) is 15.0 Å². The van der Waals surface area contributed by atoms with Gasteiger partial charge in [-0.2, -0.15) is 4.98 Å². The molecule has 0 radical (unpaired) electrons. The van der Waals surface area contributed by atoms with Crippen LogP contribution in [0.4, 0.5) is 0 Å². The molecule has 2 aromatic carbocycles. The quantitative estimate of drug-likeness (QED) is 0.729. The van der Waals surface area contributed by atoms with Gasteiger partial charge in [0.05, 0.1) is 5.54 Å². The Balaban J connectivity index is 1.45. The SMILES string of the molecule is NC1(c2noc(COc3ccccc3Cc3ccccc3)n2)CCCC1. The van der Waals surface area contributed by atoms with E-state index in [2.05, 4.69) is 28.3 Å². The van der Waals surface area contributed by atoms with Gasteiger partial charge >= 0.3 is 0 Å². The molecule has 0 aliphatic heterocycles. The summed E-state index contributed by atoms with van der Waals surface area (Å²) < 4.78 is 11.3. The molecule has 1 heterocycles. The number of hydrogen-bond donors (Lipinski definition) is 1. The summed E-state index contributed by atoms with van der Waals surface area (Å²) >= 11 is 0. The Hall–Kier alpha value is -2.66. The molecular weight excluding hydrogens is 326 g/mol. The summed E-state index contributed by atoms with van der Waals surface area (Å²) in [4.78, 5) is 4.46. The van der Waals surface area contributed by atoms with Crippen molar-refractivity contribution < 1.29 is 9.26 Å². The van der Waals surface area contributed by atoms with Crippen molar-refractivity contribution in [1.29, 1.82) is 0 Å². The van der Waals surface area contributed by atoms with Crippen molar-refractivity contribution in [3.63, 3.8) is 0 Å². The standard InChI is InChI=1S/C21H23N3O2/c22-21(12-6-7-13-21)20-23-19(26-24-20)15-25-18-11-5-4-10-17(18)14-16-8-2-1-3-9-16/h1-5,8-11H,6-7,12-15,22H2. The minimum Gasteiger partial charge on any atom is -0.483 e. The molecule has 4 rings (SSSR count). The van der Waals surface area contributed by atoms with Crippen LogP contribution in [0.2, 0.25) is 0 Å². The molecule has 5 heteroatoms. The van der Waals surface area contributed by atoms with Gasteiger partial charge in [-0.05, 0) is 30.0 Å². The lowest BCUT2D eigenvalue weighted by Gasteiger charge is -2.17. The lowest BCUT2D eigenvalue weighted by molar-refractivity contribution is 0.240. The molecule has 0 atom stereocenters. The first-order valence-electron chi connectivity index (χ1n) is 9.09. The van der Waals surface area contributed by atoms with Crippen LogP contribution in [0.15, 0.2) is 59.1 Å². The number of nitrogens with zero attached hydrogens (tertiary/aromatic N) is 2. The van der Waals surface area contributed by atoms with E-state index in [0.717, 1.165) is 43.4 Å². The molecule has 5 nitrogen and oxygen atoms in total. The highest BCUT2D eigenvalue weighted by molar-refractivity contribution is 5.37. The maximum absolute atomic E-state index is 6.39. The Bertz CT molecular complexity index is 854. The Kier molecular flexibility index (Phi) is 4.71. The van der Waals surface area contributed by atoms with Crippen LogP contribution in [0.25, 0.3) is 0 Å². The normalized spacial score (nSPS) is 15.9. The largest absolute Gasteiger partial charge is 0.483 e. The molecule has 2 N–H and O–H groups in total. The zero-order valence-electron chi connectivity index (χ0n) is 14.7. The number of aromatic nitrogens is 2. The van der Waals surface area contributed by atoms with E-state index in [1.54, 1.807) is 0 Å². The average Bonchev–Trinajstić information content (AvgIpc) is 3.32.